The zero-order chi connectivity index (χ0) is 25.8. The molecule has 8 unspecified atom stereocenters. The van der Waals surface area contributed by atoms with E-state index in [4.69, 9.17) is 0 Å². The summed E-state index contributed by atoms with van der Waals surface area (Å²) in [5, 5.41) is 7.90. The van der Waals surface area contributed by atoms with Crippen LogP contribution in [0.5, 0.6) is 0 Å². The van der Waals surface area contributed by atoms with Crippen LogP contribution in [-0.4, -0.2) is 60.5 Å². The molecule has 8 rings (SSSR count). The molecule has 0 saturated carbocycles. The Hall–Kier alpha value is -2.31. The fraction of sp³-hybridized carbons (Fsp3) is 0.576. The van der Waals surface area contributed by atoms with E-state index in [2.05, 4.69) is 92.2 Å². The summed E-state index contributed by atoms with van der Waals surface area (Å²) in [7, 11) is 0. The van der Waals surface area contributed by atoms with Gasteiger partial charge in [-0.3, -0.25) is 15.3 Å². The van der Waals surface area contributed by atoms with Crippen molar-refractivity contribution in [2.45, 2.75) is 75.7 Å². The molecule has 1 saturated heterocycles. The quantitative estimate of drug-likeness (QED) is 0.493. The van der Waals surface area contributed by atoms with Gasteiger partial charge in [-0.15, -0.1) is 11.8 Å². The van der Waals surface area contributed by atoms with Crippen molar-refractivity contribution in [3.05, 3.63) is 70.0 Å². The SMILES string of the molecule is C1=CC2C3C4=C(CCS4)CCC3N(C3=CC=C(C4C=C(C5CC=NCC5)NC(C5CC=NC5)N4)CC3)C2C=C1. The van der Waals surface area contributed by atoms with Crippen molar-refractivity contribution < 1.29 is 0 Å². The van der Waals surface area contributed by atoms with Crippen molar-refractivity contribution in [2.75, 3.05) is 18.8 Å². The van der Waals surface area contributed by atoms with Crippen molar-refractivity contribution in [1.29, 1.82) is 0 Å². The molecule has 8 atom stereocenters. The number of aliphatic imine (C=N–C) groups is 2. The van der Waals surface area contributed by atoms with E-state index in [1.54, 1.807) is 16.2 Å². The Morgan fingerprint density at radius 1 is 0.949 bits per heavy atom. The Labute approximate surface area is 237 Å². The second kappa shape index (κ2) is 10.3. The number of rotatable bonds is 4. The molecule has 0 aromatic heterocycles. The molecule has 6 heteroatoms. The molecule has 0 aromatic rings. The highest BCUT2D eigenvalue weighted by atomic mass is 32.2. The van der Waals surface area contributed by atoms with Crippen LogP contribution in [0.4, 0.5) is 0 Å². The summed E-state index contributed by atoms with van der Waals surface area (Å²) in [6.07, 6.45) is 31.2. The second-order valence-corrected chi connectivity index (χ2v) is 13.7. The van der Waals surface area contributed by atoms with Crippen LogP contribution in [-0.2, 0) is 0 Å². The van der Waals surface area contributed by atoms with E-state index in [9.17, 15) is 0 Å². The van der Waals surface area contributed by atoms with Gasteiger partial charge in [0.25, 0.3) is 0 Å². The summed E-state index contributed by atoms with van der Waals surface area (Å²) < 4.78 is 0. The first-order valence-electron chi connectivity index (χ1n) is 15.4. The minimum Gasteiger partial charge on any atom is -0.373 e. The van der Waals surface area contributed by atoms with Crippen LogP contribution in [0.25, 0.3) is 0 Å². The average molecular weight is 540 g/mol. The number of allylic oxidation sites excluding steroid dienone is 7. The molecule has 0 amide bonds. The van der Waals surface area contributed by atoms with Gasteiger partial charge in [0.2, 0.25) is 0 Å². The number of nitrogens with zero attached hydrogens (tertiary/aromatic N) is 3. The van der Waals surface area contributed by atoms with Gasteiger partial charge in [0.15, 0.2) is 0 Å². The van der Waals surface area contributed by atoms with Gasteiger partial charge in [-0.25, -0.2) is 0 Å². The summed E-state index contributed by atoms with van der Waals surface area (Å²) in [6.45, 7) is 1.88. The Kier molecular flexibility index (Phi) is 6.44. The molecule has 5 nitrogen and oxygen atoms in total. The predicted octanol–water partition coefficient (Wildman–Crippen LogP) is 5.53. The number of hydrogen-bond donors (Lipinski definition) is 2. The first-order chi connectivity index (χ1) is 19.3. The lowest BCUT2D eigenvalue weighted by Gasteiger charge is -2.41. The number of hydrogen-bond acceptors (Lipinski definition) is 6. The maximum absolute atomic E-state index is 4.56. The molecule has 3 aliphatic carbocycles. The van der Waals surface area contributed by atoms with Crippen LogP contribution in [0.1, 0.15) is 51.4 Å². The Bertz CT molecular complexity index is 1240. The van der Waals surface area contributed by atoms with E-state index < -0.39 is 0 Å². The van der Waals surface area contributed by atoms with Crippen molar-refractivity contribution in [3.8, 4) is 0 Å². The molecule has 5 heterocycles. The zero-order valence-electron chi connectivity index (χ0n) is 22.8. The molecule has 0 bridgehead atoms. The number of likely N-dealkylation sites (tertiary alicyclic amines) is 1. The summed E-state index contributed by atoms with van der Waals surface area (Å²) >= 11 is 2.17. The summed E-state index contributed by atoms with van der Waals surface area (Å²) in [6, 6.07) is 1.47. The Morgan fingerprint density at radius 2 is 1.90 bits per heavy atom. The Balaban J connectivity index is 1.07. The molecular weight excluding hydrogens is 498 g/mol. The fourth-order valence-electron chi connectivity index (χ4n) is 8.55. The first-order valence-corrected chi connectivity index (χ1v) is 16.4. The lowest BCUT2D eigenvalue weighted by Crippen LogP contribution is -2.56. The van der Waals surface area contributed by atoms with Crippen LogP contribution in [0.2, 0.25) is 0 Å². The van der Waals surface area contributed by atoms with Gasteiger partial charge in [-0.2, -0.15) is 0 Å². The van der Waals surface area contributed by atoms with Gasteiger partial charge in [-0.1, -0.05) is 36.0 Å². The van der Waals surface area contributed by atoms with Gasteiger partial charge >= 0.3 is 0 Å². The van der Waals surface area contributed by atoms with Gasteiger partial charge in [-0.05, 0) is 86.4 Å². The second-order valence-electron chi connectivity index (χ2n) is 12.6. The van der Waals surface area contributed by atoms with E-state index >= 15 is 0 Å². The van der Waals surface area contributed by atoms with Gasteiger partial charge in [0.1, 0.15) is 0 Å². The summed E-state index contributed by atoms with van der Waals surface area (Å²) in [4.78, 5) is 13.7. The third-order valence-corrected chi connectivity index (χ3v) is 11.8. The van der Waals surface area contributed by atoms with E-state index in [1.165, 1.54) is 36.3 Å². The van der Waals surface area contributed by atoms with E-state index in [0.717, 1.165) is 45.2 Å². The monoisotopic (exact) mass is 539 g/mol. The maximum Gasteiger partial charge on any atom is 0.0822 e. The lowest BCUT2D eigenvalue weighted by molar-refractivity contribution is 0.237. The molecular formula is C33H41N5S. The number of fused-ring (bicyclic) bond motifs is 4. The largest absolute Gasteiger partial charge is 0.373 e. The minimum absolute atomic E-state index is 0.288. The molecule has 5 aliphatic heterocycles. The van der Waals surface area contributed by atoms with Crippen LogP contribution >= 0.6 is 11.8 Å². The molecule has 1 fully saturated rings. The van der Waals surface area contributed by atoms with Gasteiger partial charge < -0.3 is 10.2 Å². The lowest BCUT2D eigenvalue weighted by atomic mass is 9.78. The molecule has 0 radical (unpaired) electrons. The highest BCUT2D eigenvalue weighted by molar-refractivity contribution is 8.03. The van der Waals surface area contributed by atoms with Crippen molar-refractivity contribution in [1.82, 2.24) is 15.5 Å². The van der Waals surface area contributed by atoms with Crippen molar-refractivity contribution in [2.24, 2.45) is 33.7 Å². The molecule has 0 spiro atoms. The normalized spacial score (nSPS) is 40.6. The highest BCUT2D eigenvalue weighted by Gasteiger charge is 2.51. The minimum atomic E-state index is 0.288. The topological polar surface area (TPSA) is 52.0 Å². The fourth-order valence-corrected chi connectivity index (χ4v) is 10.0. The molecule has 204 valence electrons. The van der Waals surface area contributed by atoms with E-state index in [1.807, 2.05) is 0 Å². The molecule has 39 heavy (non-hydrogen) atoms. The summed E-state index contributed by atoms with van der Waals surface area (Å²) in [5.41, 5.74) is 6.32. The Morgan fingerprint density at radius 3 is 2.74 bits per heavy atom. The predicted molar refractivity (Wildman–Crippen MR) is 163 cm³/mol. The standard InChI is InChI=1S/C33H41N5S/c1-2-4-29-26(3-1)31-30(10-7-23-14-18-39-32(23)31)38(29)25-8-5-21(6-9-25)27-19-28(22-11-15-34-16-12-22)37-33(36-27)24-13-17-35-20-24/h1-5,8,15,17,19,22,24,26-27,29-31,33,36-37H,6-7,9-14,16,18,20H2. The van der Waals surface area contributed by atoms with Gasteiger partial charge in [0.05, 0.1) is 18.2 Å². The van der Waals surface area contributed by atoms with Crippen LogP contribution < -0.4 is 10.6 Å². The first kappa shape index (κ1) is 24.5. The van der Waals surface area contributed by atoms with Crippen molar-refractivity contribution in [3.63, 3.8) is 0 Å². The maximum atomic E-state index is 4.56. The van der Waals surface area contributed by atoms with Crippen LogP contribution in [0.3, 0.4) is 0 Å². The number of nitrogens with one attached hydrogen (secondary N) is 2. The smallest absolute Gasteiger partial charge is 0.0822 e. The molecule has 8 aliphatic rings. The zero-order valence-corrected chi connectivity index (χ0v) is 23.7. The van der Waals surface area contributed by atoms with Crippen molar-refractivity contribution >= 4 is 24.2 Å². The molecule has 2 N–H and O–H groups in total. The van der Waals surface area contributed by atoms with E-state index in [-0.39, 0.29) is 6.17 Å². The average Bonchev–Trinajstić information content (AvgIpc) is 3.76. The van der Waals surface area contributed by atoms with Gasteiger partial charge in [0, 0.05) is 59.9 Å². The highest BCUT2D eigenvalue weighted by Crippen LogP contribution is 2.55. The third-order valence-electron chi connectivity index (χ3n) is 10.5. The summed E-state index contributed by atoms with van der Waals surface area (Å²) in [5.74, 6) is 3.74. The number of thioether (sulfide) groups is 1. The molecule has 0 aromatic carbocycles. The third kappa shape index (κ3) is 4.33. The van der Waals surface area contributed by atoms with Crippen LogP contribution in [0.15, 0.2) is 80.0 Å². The van der Waals surface area contributed by atoms with E-state index in [0.29, 0.717) is 41.8 Å². The van der Waals surface area contributed by atoms with Crippen LogP contribution in [0, 0.1) is 23.7 Å².